The Bertz CT molecular complexity index is 185. The third-order valence-corrected chi connectivity index (χ3v) is 2.04. The van der Waals surface area contributed by atoms with Gasteiger partial charge in [0, 0.05) is 0 Å². The van der Waals surface area contributed by atoms with E-state index < -0.39 is 0 Å². The molecule has 0 N–H and O–H groups in total. The quantitative estimate of drug-likeness (QED) is 0.458. The van der Waals surface area contributed by atoms with Crippen LogP contribution in [-0.4, -0.2) is 6.10 Å². The lowest BCUT2D eigenvalue weighted by atomic mass is 10.3. The van der Waals surface area contributed by atoms with E-state index in [2.05, 4.69) is 13.2 Å². The van der Waals surface area contributed by atoms with Gasteiger partial charge < -0.3 is 4.74 Å². The Balaban J connectivity index is 2.25. The van der Waals surface area contributed by atoms with E-state index in [1.54, 1.807) is 6.08 Å². The molecule has 0 aromatic rings. The summed E-state index contributed by atoms with van der Waals surface area (Å²) >= 11 is 0. The van der Waals surface area contributed by atoms with E-state index in [1.165, 1.54) is 25.7 Å². The Morgan fingerprint density at radius 2 is 2.00 bits per heavy atom. The molecule has 1 aliphatic carbocycles. The monoisotopic (exact) mass is 164 g/mol. The van der Waals surface area contributed by atoms with E-state index in [-0.39, 0.29) is 0 Å². The zero-order valence-electron chi connectivity index (χ0n) is 7.46. The summed E-state index contributed by atoms with van der Waals surface area (Å²) in [6, 6.07) is 0. The van der Waals surface area contributed by atoms with E-state index in [1.807, 2.05) is 12.2 Å². The topological polar surface area (TPSA) is 9.23 Å². The lowest BCUT2D eigenvalue weighted by Gasteiger charge is -2.11. The molecule has 0 saturated heterocycles. The minimum Gasteiger partial charge on any atom is -0.491 e. The average Bonchev–Trinajstić information content (AvgIpc) is 2.53. The van der Waals surface area contributed by atoms with Crippen LogP contribution in [0.1, 0.15) is 25.7 Å². The molecule has 0 aliphatic heterocycles. The highest BCUT2D eigenvalue weighted by atomic mass is 16.5. The van der Waals surface area contributed by atoms with Gasteiger partial charge in [-0.3, -0.25) is 0 Å². The zero-order chi connectivity index (χ0) is 8.81. The fourth-order valence-corrected chi connectivity index (χ4v) is 1.43. The smallest absolute Gasteiger partial charge is 0.112 e. The molecule has 0 aromatic carbocycles. The predicted molar refractivity (Wildman–Crippen MR) is 51.8 cm³/mol. The Kier molecular flexibility index (Phi) is 3.65. The lowest BCUT2D eigenvalue weighted by Crippen LogP contribution is -2.05. The molecule has 1 aliphatic rings. The molecule has 0 spiro atoms. The minimum atomic E-state index is 0.409. The summed E-state index contributed by atoms with van der Waals surface area (Å²) in [5.74, 6) is 0.752. The number of rotatable bonds is 4. The molecule has 0 radical (unpaired) electrons. The highest BCUT2D eigenvalue weighted by Crippen LogP contribution is 2.22. The van der Waals surface area contributed by atoms with Crippen molar-refractivity contribution in [2.75, 3.05) is 0 Å². The van der Waals surface area contributed by atoms with Gasteiger partial charge in [0.25, 0.3) is 0 Å². The van der Waals surface area contributed by atoms with Crippen LogP contribution in [0.15, 0.2) is 37.1 Å². The largest absolute Gasteiger partial charge is 0.491 e. The predicted octanol–water partition coefficient (Wildman–Crippen LogP) is 3.20. The van der Waals surface area contributed by atoms with E-state index in [0.29, 0.717) is 6.10 Å². The molecular weight excluding hydrogens is 148 g/mol. The van der Waals surface area contributed by atoms with Gasteiger partial charge in [0.2, 0.25) is 0 Å². The maximum Gasteiger partial charge on any atom is 0.112 e. The van der Waals surface area contributed by atoms with Crippen LogP contribution in [0.2, 0.25) is 0 Å². The Morgan fingerprint density at radius 3 is 2.58 bits per heavy atom. The second kappa shape index (κ2) is 4.81. The van der Waals surface area contributed by atoms with E-state index >= 15 is 0 Å². The van der Waals surface area contributed by atoms with Crippen molar-refractivity contribution in [1.29, 1.82) is 0 Å². The van der Waals surface area contributed by atoms with Gasteiger partial charge in [0.15, 0.2) is 0 Å². The molecule has 0 heterocycles. The van der Waals surface area contributed by atoms with Crippen LogP contribution in [0.4, 0.5) is 0 Å². The van der Waals surface area contributed by atoms with Gasteiger partial charge in [-0.25, -0.2) is 0 Å². The van der Waals surface area contributed by atoms with Gasteiger partial charge in [-0.1, -0.05) is 25.3 Å². The van der Waals surface area contributed by atoms with Gasteiger partial charge in [-0.05, 0) is 31.8 Å². The number of hydrogen-bond acceptors (Lipinski definition) is 1. The molecule has 1 fully saturated rings. The third kappa shape index (κ3) is 2.95. The SMILES string of the molecule is C=CC=CC(=C)OC1CCCC1. The minimum absolute atomic E-state index is 0.409. The van der Waals surface area contributed by atoms with Gasteiger partial charge in [0.1, 0.15) is 5.76 Å². The molecule has 1 saturated carbocycles. The highest BCUT2D eigenvalue weighted by molar-refractivity contribution is 5.12. The first-order valence-electron chi connectivity index (χ1n) is 4.47. The molecule has 0 unspecified atom stereocenters. The van der Waals surface area contributed by atoms with Crippen molar-refractivity contribution in [3.05, 3.63) is 37.1 Å². The Morgan fingerprint density at radius 1 is 1.33 bits per heavy atom. The summed E-state index contributed by atoms with van der Waals surface area (Å²) in [6.45, 7) is 7.38. The maximum absolute atomic E-state index is 5.58. The van der Waals surface area contributed by atoms with Crippen molar-refractivity contribution in [1.82, 2.24) is 0 Å². The summed E-state index contributed by atoms with van der Waals surface area (Å²) in [5.41, 5.74) is 0. The highest BCUT2D eigenvalue weighted by Gasteiger charge is 2.15. The first kappa shape index (κ1) is 9.11. The van der Waals surface area contributed by atoms with Crippen LogP contribution in [-0.2, 0) is 4.74 Å². The average molecular weight is 164 g/mol. The first-order valence-corrected chi connectivity index (χ1v) is 4.47. The van der Waals surface area contributed by atoms with Crippen molar-refractivity contribution in [2.45, 2.75) is 31.8 Å². The molecule has 66 valence electrons. The van der Waals surface area contributed by atoms with Crippen LogP contribution in [0.3, 0.4) is 0 Å². The Hall–Kier alpha value is -0.980. The molecule has 0 atom stereocenters. The van der Waals surface area contributed by atoms with E-state index in [0.717, 1.165) is 5.76 Å². The van der Waals surface area contributed by atoms with Crippen LogP contribution >= 0.6 is 0 Å². The molecule has 1 nitrogen and oxygen atoms in total. The molecule has 0 aromatic heterocycles. The summed E-state index contributed by atoms with van der Waals surface area (Å²) < 4.78 is 5.58. The van der Waals surface area contributed by atoms with Crippen LogP contribution < -0.4 is 0 Å². The van der Waals surface area contributed by atoms with Gasteiger partial charge in [0.05, 0.1) is 6.10 Å². The summed E-state index contributed by atoms with van der Waals surface area (Å²) in [6.07, 6.45) is 10.8. The maximum atomic E-state index is 5.58. The molecule has 0 amide bonds. The number of allylic oxidation sites excluding steroid dienone is 3. The van der Waals surface area contributed by atoms with Crippen LogP contribution in [0.25, 0.3) is 0 Å². The first-order chi connectivity index (χ1) is 5.83. The zero-order valence-corrected chi connectivity index (χ0v) is 7.46. The Labute approximate surface area is 74.4 Å². The van der Waals surface area contributed by atoms with Crippen LogP contribution in [0.5, 0.6) is 0 Å². The molecule has 12 heavy (non-hydrogen) atoms. The van der Waals surface area contributed by atoms with Gasteiger partial charge in [-0.15, -0.1) is 0 Å². The summed E-state index contributed by atoms with van der Waals surface area (Å²) in [4.78, 5) is 0. The van der Waals surface area contributed by atoms with Crippen molar-refractivity contribution >= 4 is 0 Å². The molecule has 0 bridgehead atoms. The van der Waals surface area contributed by atoms with E-state index in [4.69, 9.17) is 4.74 Å². The molecule has 1 heteroatoms. The summed E-state index contributed by atoms with van der Waals surface area (Å²) in [7, 11) is 0. The summed E-state index contributed by atoms with van der Waals surface area (Å²) in [5, 5.41) is 0. The second-order valence-corrected chi connectivity index (χ2v) is 3.09. The molecular formula is C11H16O. The second-order valence-electron chi connectivity index (χ2n) is 3.09. The third-order valence-electron chi connectivity index (χ3n) is 2.04. The standard InChI is InChI=1S/C11H16O/c1-3-4-7-10(2)12-11-8-5-6-9-11/h3-4,7,11H,1-2,5-6,8-9H2. The number of ether oxygens (including phenoxy) is 1. The normalized spacial score (nSPS) is 18.3. The van der Waals surface area contributed by atoms with Crippen molar-refractivity contribution < 1.29 is 4.74 Å². The fraction of sp³-hybridized carbons (Fsp3) is 0.455. The van der Waals surface area contributed by atoms with Crippen molar-refractivity contribution in [3.8, 4) is 0 Å². The van der Waals surface area contributed by atoms with Gasteiger partial charge in [-0.2, -0.15) is 0 Å². The number of hydrogen-bond donors (Lipinski definition) is 0. The van der Waals surface area contributed by atoms with Gasteiger partial charge >= 0.3 is 0 Å². The van der Waals surface area contributed by atoms with Crippen LogP contribution in [0, 0.1) is 0 Å². The van der Waals surface area contributed by atoms with E-state index in [9.17, 15) is 0 Å². The van der Waals surface area contributed by atoms with Crippen molar-refractivity contribution in [2.24, 2.45) is 0 Å². The lowest BCUT2D eigenvalue weighted by molar-refractivity contribution is 0.132. The van der Waals surface area contributed by atoms with Crippen molar-refractivity contribution in [3.63, 3.8) is 0 Å². The molecule has 1 rings (SSSR count). The fourth-order valence-electron chi connectivity index (χ4n) is 1.43.